The first-order valence-corrected chi connectivity index (χ1v) is 8.10. The number of rotatable bonds is 1. The normalized spacial score (nSPS) is 26.8. The highest BCUT2D eigenvalue weighted by Crippen LogP contribution is 2.67. The van der Waals surface area contributed by atoms with Crippen molar-refractivity contribution in [2.45, 2.75) is 55.4 Å². The van der Waals surface area contributed by atoms with Gasteiger partial charge in [-0.15, -0.1) is 11.3 Å². The molecule has 0 bridgehead atoms. The van der Waals surface area contributed by atoms with Gasteiger partial charge in [0.1, 0.15) is 0 Å². The summed E-state index contributed by atoms with van der Waals surface area (Å²) in [5.41, 5.74) is 2.39. The van der Waals surface area contributed by atoms with Crippen molar-refractivity contribution in [1.82, 2.24) is 0 Å². The Hall–Kier alpha value is -0.560. The average molecular weight is 276 g/mol. The lowest BCUT2D eigenvalue weighted by Crippen LogP contribution is -2.54. The van der Waals surface area contributed by atoms with Crippen LogP contribution in [0.15, 0.2) is 23.6 Å². The smallest absolute Gasteiger partial charge is 0.0304 e. The van der Waals surface area contributed by atoms with E-state index < -0.39 is 0 Å². The zero-order chi connectivity index (χ0) is 14.7. The van der Waals surface area contributed by atoms with E-state index >= 15 is 0 Å². The Morgan fingerprint density at radius 2 is 1.42 bits per heavy atom. The Morgan fingerprint density at radius 1 is 0.842 bits per heavy atom. The Morgan fingerprint density at radius 3 is 1.89 bits per heavy atom. The van der Waals surface area contributed by atoms with Crippen LogP contribution in [0.25, 0.3) is 5.57 Å². The van der Waals surface area contributed by atoms with Gasteiger partial charge in [0.05, 0.1) is 0 Å². The van der Waals surface area contributed by atoms with Gasteiger partial charge in [0.25, 0.3) is 0 Å². The van der Waals surface area contributed by atoms with Crippen LogP contribution < -0.4 is 0 Å². The molecule has 0 aliphatic heterocycles. The van der Waals surface area contributed by atoms with Gasteiger partial charge in [-0.3, -0.25) is 0 Å². The Bertz CT molecular complexity index is 496. The van der Waals surface area contributed by atoms with Gasteiger partial charge < -0.3 is 0 Å². The van der Waals surface area contributed by atoms with Crippen molar-refractivity contribution in [3.8, 4) is 0 Å². The minimum Gasteiger partial charge on any atom is -0.144 e. The molecule has 1 aromatic rings. The van der Waals surface area contributed by atoms with Gasteiger partial charge in [0.15, 0.2) is 0 Å². The molecule has 0 radical (unpaired) electrons. The van der Waals surface area contributed by atoms with Crippen LogP contribution in [0.1, 0.15) is 60.3 Å². The summed E-state index contributed by atoms with van der Waals surface area (Å²) in [5.74, 6) is 0. The molecule has 0 spiro atoms. The first kappa shape index (κ1) is 14.8. The molecule has 0 aromatic carbocycles. The van der Waals surface area contributed by atoms with Crippen LogP contribution in [-0.4, -0.2) is 0 Å². The highest BCUT2D eigenvalue weighted by Gasteiger charge is 2.58. The average Bonchev–Trinajstić information content (AvgIpc) is 2.76. The van der Waals surface area contributed by atoms with E-state index in [9.17, 15) is 0 Å². The van der Waals surface area contributed by atoms with Crippen molar-refractivity contribution in [3.63, 3.8) is 0 Å². The zero-order valence-electron chi connectivity index (χ0n) is 13.7. The van der Waals surface area contributed by atoms with E-state index in [0.717, 1.165) is 0 Å². The summed E-state index contributed by atoms with van der Waals surface area (Å²) < 4.78 is 0. The lowest BCUT2D eigenvalue weighted by molar-refractivity contribution is -0.0619. The van der Waals surface area contributed by atoms with Crippen LogP contribution in [0.5, 0.6) is 0 Å². The summed E-state index contributed by atoms with van der Waals surface area (Å²) in [6, 6.07) is 4.43. The second kappa shape index (κ2) is 3.97. The van der Waals surface area contributed by atoms with Crippen LogP contribution in [0.3, 0.4) is 0 Å². The molecule has 1 aliphatic carbocycles. The van der Waals surface area contributed by atoms with E-state index in [-0.39, 0.29) is 21.7 Å². The molecular weight excluding hydrogens is 248 g/mol. The summed E-state index contributed by atoms with van der Waals surface area (Å²) in [7, 11) is 0. The van der Waals surface area contributed by atoms with E-state index in [1.807, 2.05) is 11.3 Å². The third kappa shape index (κ3) is 1.77. The molecule has 0 amide bonds. The number of hydrogen-bond donors (Lipinski definition) is 0. The molecule has 0 saturated heterocycles. The van der Waals surface area contributed by atoms with Gasteiger partial charge in [-0.25, -0.2) is 0 Å². The molecule has 0 N–H and O–H groups in total. The second-order valence-electron chi connectivity index (χ2n) is 8.13. The molecular formula is C18H28S. The monoisotopic (exact) mass is 276 g/mol. The number of thiophene rings is 1. The number of hydrogen-bond acceptors (Lipinski definition) is 1. The molecule has 2 rings (SSSR count). The first-order valence-electron chi connectivity index (χ1n) is 7.22. The molecule has 1 heterocycles. The first-order chi connectivity index (χ1) is 8.45. The summed E-state index contributed by atoms with van der Waals surface area (Å²) in [6.07, 6.45) is 2.53. The van der Waals surface area contributed by atoms with E-state index in [2.05, 4.69) is 79.0 Å². The van der Waals surface area contributed by atoms with Crippen molar-refractivity contribution in [2.75, 3.05) is 0 Å². The molecule has 1 aliphatic rings. The Kier molecular flexibility index (Phi) is 3.10. The van der Waals surface area contributed by atoms with E-state index in [0.29, 0.717) is 0 Å². The molecule has 19 heavy (non-hydrogen) atoms. The van der Waals surface area contributed by atoms with Gasteiger partial charge >= 0.3 is 0 Å². The third-order valence-corrected chi connectivity index (χ3v) is 7.60. The highest BCUT2D eigenvalue weighted by molar-refractivity contribution is 7.11. The van der Waals surface area contributed by atoms with E-state index in [1.54, 1.807) is 0 Å². The second-order valence-corrected chi connectivity index (χ2v) is 9.08. The highest BCUT2D eigenvalue weighted by atomic mass is 32.1. The summed E-state index contributed by atoms with van der Waals surface area (Å²) in [5, 5.41) is 2.19. The van der Waals surface area contributed by atoms with Crippen LogP contribution in [-0.2, 0) is 0 Å². The van der Waals surface area contributed by atoms with Gasteiger partial charge in [-0.1, -0.05) is 67.5 Å². The molecule has 1 heteroatoms. The third-order valence-electron chi connectivity index (χ3n) is 6.70. The molecule has 0 unspecified atom stereocenters. The zero-order valence-corrected chi connectivity index (χ0v) is 14.5. The molecule has 0 fully saturated rings. The van der Waals surface area contributed by atoms with Gasteiger partial charge in [0.2, 0.25) is 0 Å². The lowest BCUT2D eigenvalue weighted by atomic mass is 9.42. The molecule has 106 valence electrons. The molecule has 0 saturated carbocycles. The van der Waals surface area contributed by atoms with E-state index in [4.69, 9.17) is 0 Å². The standard InChI is InChI=1S/C18H28S/c1-15(2)12-13(14-10-9-11-19-14)16(3,4)18(7,8)17(15,5)6/h9-12H,1-8H3. The minimum atomic E-state index is 0.177. The van der Waals surface area contributed by atoms with Crippen molar-refractivity contribution < 1.29 is 0 Å². The van der Waals surface area contributed by atoms with Crippen molar-refractivity contribution in [2.24, 2.45) is 21.7 Å². The van der Waals surface area contributed by atoms with Gasteiger partial charge in [0, 0.05) is 4.88 Å². The Balaban J connectivity index is 2.72. The summed E-state index contributed by atoms with van der Waals surface area (Å²) in [6.45, 7) is 19.3. The maximum Gasteiger partial charge on any atom is 0.0304 e. The van der Waals surface area contributed by atoms with Crippen LogP contribution in [0, 0.1) is 21.7 Å². The van der Waals surface area contributed by atoms with E-state index in [1.165, 1.54) is 10.5 Å². The topological polar surface area (TPSA) is 0 Å². The fourth-order valence-electron chi connectivity index (χ4n) is 3.46. The summed E-state index contributed by atoms with van der Waals surface area (Å²) >= 11 is 1.87. The summed E-state index contributed by atoms with van der Waals surface area (Å²) in [4.78, 5) is 1.43. The predicted octanol–water partition coefficient (Wildman–Crippen LogP) is 6.25. The van der Waals surface area contributed by atoms with Crippen molar-refractivity contribution in [1.29, 1.82) is 0 Å². The minimum absolute atomic E-state index is 0.177. The maximum atomic E-state index is 2.53. The fraction of sp³-hybridized carbons (Fsp3) is 0.667. The molecule has 1 aromatic heterocycles. The van der Waals surface area contributed by atoms with Crippen molar-refractivity contribution in [3.05, 3.63) is 28.5 Å². The van der Waals surface area contributed by atoms with Crippen LogP contribution >= 0.6 is 11.3 Å². The quantitative estimate of drug-likeness (QED) is 0.568. The van der Waals surface area contributed by atoms with Crippen LogP contribution in [0.4, 0.5) is 0 Å². The molecule has 0 nitrogen and oxygen atoms in total. The largest absolute Gasteiger partial charge is 0.144 e. The SMILES string of the molecule is CC1(C)C=C(c2cccs2)C(C)(C)C(C)(C)C1(C)C. The van der Waals surface area contributed by atoms with Crippen molar-refractivity contribution >= 4 is 16.9 Å². The maximum absolute atomic E-state index is 2.53. The van der Waals surface area contributed by atoms with Crippen LogP contribution in [0.2, 0.25) is 0 Å². The van der Waals surface area contributed by atoms with Gasteiger partial charge in [-0.2, -0.15) is 0 Å². The molecule has 0 atom stereocenters. The Labute approximate surface area is 122 Å². The number of allylic oxidation sites excluding steroid dienone is 2. The van der Waals surface area contributed by atoms with Gasteiger partial charge in [-0.05, 0) is 38.7 Å². The fourth-order valence-corrected chi connectivity index (χ4v) is 4.36. The predicted molar refractivity (Wildman–Crippen MR) is 87.4 cm³/mol. The lowest BCUT2D eigenvalue weighted by Gasteiger charge is -2.62.